The molecule has 0 amide bonds. The topological polar surface area (TPSA) is 55.0 Å². The summed E-state index contributed by atoms with van der Waals surface area (Å²) in [4.78, 5) is 10.7. The zero-order valence-electron chi connectivity index (χ0n) is 7.56. The van der Waals surface area contributed by atoms with Gasteiger partial charge in [0, 0.05) is 31.5 Å². The van der Waals surface area contributed by atoms with Crippen LogP contribution in [0.3, 0.4) is 0 Å². The van der Waals surface area contributed by atoms with Crippen molar-refractivity contribution >= 4 is 0 Å². The van der Waals surface area contributed by atoms with Crippen molar-refractivity contribution in [1.29, 1.82) is 0 Å². The van der Waals surface area contributed by atoms with Gasteiger partial charge in [0.1, 0.15) is 5.82 Å². The average Bonchev–Trinajstić information content (AvgIpc) is 2.15. The SMILES string of the molecule is NCC1CCN1Cc1ncccn1. The summed E-state index contributed by atoms with van der Waals surface area (Å²) in [5, 5.41) is 0. The molecule has 1 aromatic rings. The maximum Gasteiger partial charge on any atom is 0.142 e. The number of hydrogen-bond acceptors (Lipinski definition) is 4. The van der Waals surface area contributed by atoms with Crippen LogP contribution in [0.1, 0.15) is 12.2 Å². The lowest BCUT2D eigenvalue weighted by atomic mass is 10.0. The van der Waals surface area contributed by atoms with Gasteiger partial charge in [-0.1, -0.05) is 0 Å². The summed E-state index contributed by atoms with van der Waals surface area (Å²) in [6.45, 7) is 2.70. The first-order valence-corrected chi connectivity index (χ1v) is 4.60. The normalized spacial score (nSPS) is 22.7. The van der Waals surface area contributed by atoms with E-state index in [0.29, 0.717) is 6.04 Å². The van der Waals surface area contributed by atoms with E-state index in [0.717, 1.165) is 25.5 Å². The number of likely N-dealkylation sites (tertiary alicyclic amines) is 1. The van der Waals surface area contributed by atoms with Crippen LogP contribution in [-0.2, 0) is 6.54 Å². The highest BCUT2D eigenvalue weighted by Gasteiger charge is 2.26. The van der Waals surface area contributed by atoms with Crippen molar-refractivity contribution in [3.8, 4) is 0 Å². The molecule has 0 saturated carbocycles. The Hall–Kier alpha value is -1.00. The summed E-state index contributed by atoms with van der Waals surface area (Å²) in [5.41, 5.74) is 5.60. The molecule has 1 aliphatic heterocycles. The van der Waals surface area contributed by atoms with Crippen molar-refractivity contribution in [2.75, 3.05) is 13.1 Å². The van der Waals surface area contributed by atoms with Crippen molar-refractivity contribution in [2.45, 2.75) is 19.0 Å². The first-order chi connectivity index (χ1) is 6.40. The van der Waals surface area contributed by atoms with Crippen molar-refractivity contribution in [2.24, 2.45) is 5.73 Å². The van der Waals surface area contributed by atoms with Gasteiger partial charge in [0.05, 0.1) is 6.54 Å². The molecule has 0 spiro atoms. The summed E-state index contributed by atoms with van der Waals surface area (Å²) in [6, 6.07) is 2.38. The third kappa shape index (κ3) is 1.84. The van der Waals surface area contributed by atoms with E-state index in [4.69, 9.17) is 5.73 Å². The third-order valence-corrected chi connectivity index (χ3v) is 2.50. The molecule has 0 bridgehead atoms. The van der Waals surface area contributed by atoms with Crippen molar-refractivity contribution < 1.29 is 0 Å². The van der Waals surface area contributed by atoms with E-state index >= 15 is 0 Å². The fourth-order valence-corrected chi connectivity index (χ4v) is 1.56. The highest BCUT2D eigenvalue weighted by Crippen LogP contribution is 2.17. The van der Waals surface area contributed by atoms with E-state index < -0.39 is 0 Å². The fraction of sp³-hybridized carbons (Fsp3) is 0.556. The third-order valence-electron chi connectivity index (χ3n) is 2.50. The Morgan fingerprint density at radius 3 is 2.77 bits per heavy atom. The molecule has 1 unspecified atom stereocenters. The van der Waals surface area contributed by atoms with Gasteiger partial charge in [-0.25, -0.2) is 9.97 Å². The molecule has 2 heterocycles. The monoisotopic (exact) mass is 178 g/mol. The van der Waals surface area contributed by atoms with Gasteiger partial charge in [-0.3, -0.25) is 4.90 Å². The lowest BCUT2D eigenvalue weighted by molar-refractivity contribution is 0.0850. The summed E-state index contributed by atoms with van der Waals surface area (Å²) >= 11 is 0. The molecule has 1 atom stereocenters. The maximum absolute atomic E-state index is 5.60. The Labute approximate surface area is 77.8 Å². The smallest absolute Gasteiger partial charge is 0.142 e. The Kier molecular flexibility index (Phi) is 2.52. The molecule has 4 heteroatoms. The Morgan fingerprint density at radius 1 is 1.46 bits per heavy atom. The lowest BCUT2D eigenvalue weighted by Gasteiger charge is -2.39. The minimum absolute atomic E-state index is 0.545. The van der Waals surface area contributed by atoms with E-state index in [1.54, 1.807) is 12.4 Å². The molecule has 1 aromatic heterocycles. The number of hydrogen-bond donors (Lipinski definition) is 1. The van der Waals surface area contributed by atoms with Gasteiger partial charge in [0.15, 0.2) is 0 Å². The van der Waals surface area contributed by atoms with Crippen LogP contribution in [0.15, 0.2) is 18.5 Å². The van der Waals surface area contributed by atoms with Crippen molar-refractivity contribution in [3.63, 3.8) is 0 Å². The molecule has 1 saturated heterocycles. The first kappa shape index (κ1) is 8.59. The van der Waals surface area contributed by atoms with Crippen LogP contribution >= 0.6 is 0 Å². The van der Waals surface area contributed by atoms with Crippen LogP contribution in [0.5, 0.6) is 0 Å². The van der Waals surface area contributed by atoms with E-state index in [1.165, 1.54) is 6.42 Å². The molecular weight excluding hydrogens is 164 g/mol. The van der Waals surface area contributed by atoms with E-state index in [9.17, 15) is 0 Å². The minimum Gasteiger partial charge on any atom is -0.329 e. The largest absolute Gasteiger partial charge is 0.329 e. The van der Waals surface area contributed by atoms with Gasteiger partial charge in [-0.15, -0.1) is 0 Å². The second-order valence-electron chi connectivity index (χ2n) is 3.31. The maximum atomic E-state index is 5.60. The number of nitrogens with two attached hydrogens (primary N) is 1. The Balaban J connectivity index is 1.92. The van der Waals surface area contributed by atoms with Crippen LogP contribution in [0.4, 0.5) is 0 Å². The van der Waals surface area contributed by atoms with Gasteiger partial charge < -0.3 is 5.73 Å². The van der Waals surface area contributed by atoms with Crippen molar-refractivity contribution in [1.82, 2.24) is 14.9 Å². The summed E-state index contributed by atoms with van der Waals surface area (Å²) in [7, 11) is 0. The highest BCUT2D eigenvalue weighted by atomic mass is 15.2. The molecule has 0 aromatic carbocycles. The predicted molar refractivity (Wildman–Crippen MR) is 49.9 cm³/mol. The molecule has 1 aliphatic rings. The van der Waals surface area contributed by atoms with Crippen LogP contribution in [0, 0.1) is 0 Å². The zero-order valence-corrected chi connectivity index (χ0v) is 7.56. The molecule has 0 aliphatic carbocycles. The van der Waals surface area contributed by atoms with E-state index in [2.05, 4.69) is 14.9 Å². The fourth-order valence-electron chi connectivity index (χ4n) is 1.56. The highest BCUT2D eigenvalue weighted by molar-refractivity contribution is 4.92. The quantitative estimate of drug-likeness (QED) is 0.708. The number of nitrogens with zero attached hydrogens (tertiary/aromatic N) is 3. The van der Waals surface area contributed by atoms with Crippen molar-refractivity contribution in [3.05, 3.63) is 24.3 Å². The summed E-state index contributed by atoms with van der Waals surface area (Å²) in [6.07, 6.45) is 4.77. The molecule has 2 N–H and O–H groups in total. The molecule has 4 nitrogen and oxygen atoms in total. The Bertz CT molecular complexity index is 260. The van der Waals surface area contributed by atoms with Gasteiger partial charge >= 0.3 is 0 Å². The molecule has 13 heavy (non-hydrogen) atoms. The van der Waals surface area contributed by atoms with Crippen LogP contribution < -0.4 is 5.73 Å². The molecular formula is C9H14N4. The number of rotatable bonds is 3. The summed E-state index contributed by atoms with van der Waals surface area (Å²) < 4.78 is 0. The molecule has 2 rings (SSSR count). The van der Waals surface area contributed by atoms with Gasteiger partial charge in [0.25, 0.3) is 0 Å². The number of aromatic nitrogens is 2. The average molecular weight is 178 g/mol. The van der Waals surface area contributed by atoms with Gasteiger partial charge in [-0.05, 0) is 12.5 Å². The first-order valence-electron chi connectivity index (χ1n) is 4.60. The molecule has 0 radical (unpaired) electrons. The van der Waals surface area contributed by atoms with Crippen LogP contribution in [0.2, 0.25) is 0 Å². The standard InChI is InChI=1S/C9H14N4/c10-6-8-2-5-13(8)7-9-11-3-1-4-12-9/h1,3-4,8H,2,5-7,10H2. The Morgan fingerprint density at radius 2 is 2.23 bits per heavy atom. The lowest BCUT2D eigenvalue weighted by Crippen LogP contribution is -2.51. The zero-order chi connectivity index (χ0) is 9.10. The molecule has 70 valence electrons. The van der Waals surface area contributed by atoms with E-state index in [1.807, 2.05) is 6.07 Å². The second-order valence-corrected chi connectivity index (χ2v) is 3.31. The van der Waals surface area contributed by atoms with E-state index in [-0.39, 0.29) is 0 Å². The van der Waals surface area contributed by atoms with Gasteiger partial charge in [0.2, 0.25) is 0 Å². The predicted octanol–water partition coefficient (Wildman–Crippen LogP) is 0.00960. The second kappa shape index (κ2) is 3.81. The molecule has 1 fully saturated rings. The summed E-state index contributed by atoms with van der Waals surface area (Å²) in [5.74, 6) is 0.889. The van der Waals surface area contributed by atoms with Crippen LogP contribution in [-0.4, -0.2) is 34.0 Å². The van der Waals surface area contributed by atoms with Gasteiger partial charge in [-0.2, -0.15) is 0 Å². The minimum atomic E-state index is 0.545. The van der Waals surface area contributed by atoms with Crippen LogP contribution in [0.25, 0.3) is 0 Å².